The van der Waals surface area contributed by atoms with Crippen molar-refractivity contribution in [3.63, 3.8) is 0 Å². The van der Waals surface area contributed by atoms with Gasteiger partial charge in [0.1, 0.15) is 0 Å². The van der Waals surface area contributed by atoms with E-state index in [-0.39, 0.29) is 24.9 Å². The number of nitrogens with zero attached hydrogens (tertiary/aromatic N) is 3. The van der Waals surface area contributed by atoms with E-state index in [1.165, 1.54) is 21.3 Å². The van der Waals surface area contributed by atoms with Crippen LogP contribution in [-0.2, 0) is 17.7 Å². The predicted octanol–water partition coefficient (Wildman–Crippen LogP) is 3.97. The maximum Gasteiger partial charge on any atom is 0.359 e. The van der Waals surface area contributed by atoms with E-state index in [2.05, 4.69) is 10.4 Å². The number of aromatic nitrogens is 2. The number of hydrogen-bond acceptors (Lipinski definition) is 7. The molecule has 0 saturated heterocycles. The number of carbonyl (C=O) groups is 2. The van der Waals surface area contributed by atoms with Crippen LogP contribution in [0.1, 0.15) is 34.2 Å². The number of aryl methyl sites for hydroxylation is 1. The number of hydrogen-bond donors (Lipinski definition) is 1. The first-order valence-electron chi connectivity index (χ1n) is 11.6. The molecule has 0 atom stereocenters. The second kappa shape index (κ2) is 10.6. The van der Waals surface area contributed by atoms with Crippen LogP contribution in [0.25, 0.3) is 5.69 Å². The van der Waals surface area contributed by atoms with Gasteiger partial charge in [-0.1, -0.05) is 17.7 Å². The highest BCUT2D eigenvalue weighted by atomic mass is 16.5. The molecule has 0 fully saturated rings. The molecular weight excluding hydrogens is 464 g/mol. The molecule has 36 heavy (non-hydrogen) atoms. The molecule has 2 aromatic carbocycles. The first kappa shape index (κ1) is 24.9. The lowest BCUT2D eigenvalue weighted by Gasteiger charge is -2.28. The van der Waals surface area contributed by atoms with Crippen molar-refractivity contribution in [2.45, 2.75) is 26.8 Å². The van der Waals surface area contributed by atoms with Crippen LogP contribution in [0.2, 0.25) is 0 Å². The van der Waals surface area contributed by atoms with Gasteiger partial charge in [-0.25, -0.2) is 14.3 Å². The SMILES string of the molecule is CCOC(=O)c1nn(-c2ccc(C)cc2)c2c1CN(C(=O)Nc1cc(OC)c(OC)c(OC)c1)CC2. The monoisotopic (exact) mass is 494 g/mol. The maximum atomic E-state index is 13.2. The van der Waals surface area contributed by atoms with Gasteiger partial charge in [0, 0.05) is 30.7 Å². The van der Waals surface area contributed by atoms with Crippen molar-refractivity contribution in [1.82, 2.24) is 14.7 Å². The minimum absolute atomic E-state index is 0.214. The molecule has 0 spiro atoms. The molecule has 1 N–H and O–H groups in total. The van der Waals surface area contributed by atoms with Gasteiger partial charge >= 0.3 is 12.0 Å². The van der Waals surface area contributed by atoms with Crippen LogP contribution >= 0.6 is 0 Å². The van der Waals surface area contributed by atoms with Crippen molar-refractivity contribution < 1.29 is 28.5 Å². The van der Waals surface area contributed by atoms with Crippen molar-refractivity contribution in [2.75, 3.05) is 39.8 Å². The number of fused-ring (bicyclic) bond motifs is 1. The van der Waals surface area contributed by atoms with Gasteiger partial charge in [0.25, 0.3) is 0 Å². The molecule has 190 valence electrons. The summed E-state index contributed by atoms with van der Waals surface area (Å²) in [5.74, 6) is 0.781. The minimum atomic E-state index is -0.508. The lowest BCUT2D eigenvalue weighted by atomic mass is 10.0. The molecule has 10 heteroatoms. The van der Waals surface area contributed by atoms with Crippen molar-refractivity contribution in [2.24, 2.45) is 0 Å². The average Bonchev–Trinajstić information content (AvgIpc) is 3.27. The molecule has 0 bridgehead atoms. The normalized spacial score (nSPS) is 12.5. The Bertz CT molecular complexity index is 1240. The zero-order valence-corrected chi connectivity index (χ0v) is 21.1. The number of methoxy groups -OCH3 is 3. The van der Waals surface area contributed by atoms with Gasteiger partial charge in [-0.15, -0.1) is 0 Å². The van der Waals surface area contributed by atoms with Crippen molar-refractivity contribution in [3.8, 4) is 22.9 Å². The minimum Gasteiger partial charge on any atom is -0.493 e. The van der Waals surface area contributed by atoms with E-state index in [4.69, 9.17) is 18.9 Å². The molecule has 2 amide bonds. The standard InChI is InChI=1S/C26H30N4O6/c1-6-36-25(31)23-19-15-29(12-11-20(19)30(28-23)18-9-7-16(2)8-10-18)26(32)27-17-13-21(33-3)24(35-5)22(14-17)34-4/h7-10,13-14H,6,11-12,15H2,1-5H3,(H,27,32). The summed E-state index contributed by atoms with van der Waals surface area (Å²) in [6.45, 7) is 4.65. The third-order valence-electron chi connectivity index (χ3n) is 6.01. The van der Waals surface area contributed by atoms with Gasteiger partial charge < -0.3 is 29.2 Å². The van der Waals surface area contributed by atoms with E-state index in [0.29, 0.717) is 41.5 Å². The Hall–Kier alpha value is -4.21. The second-order valence-electron chi connectivity index (χ2n) is 8.26. The zero-order chi connectivity index (χ0) is 25.8. The third kappa shape index (κ3) is 4.79. The fourth-order valence-corrected chi connectivity index (χ4v) is 4.21. The fourth-order valence-electron chi connectivity index (χ4n) is 4.21. The molecular formula is C26H30N4O6. The molecule has 0 unspecified atom stereocenters. The summed E-state index contributed by atoms with van der Waals surface area (Å²) >= 11 is 0. The van der Waals surface area contributed by atoms with Crippen LogP contribution in [0, 0.1) is 6.92 Å². The molecule has 4 rings (SSSR count). The highest BCUT2D eigenvalue weighted by molar-refractivity contribution is 5.92. The number of urea groups is 1. The largest absolute Gasteiger partial charge is 0.493 e. The fraction of sp³-hybridized carbons (Fsp3) is 0.346. The predicted molar refractivity (Wildman–Crippen MR) is 133 cm³/mol. The Balaban J connectivity index is 1.62. The van der Waals surface area contributed by atoms with E-state index in [1.807, 2.05) is 31.2 Å². The van der Waals surface area contributed by atoms with Crippen LogP contribution in [0.5, 0.6) is 17.2 Å². The molecule has 0 saturated carbocycles. The van der Waals surface area contributed by atoms with Gasteiger partial charge in [-0.05, 0) is 26.0 Å². The van der Waals surface area contributed by atoms with E-state index in [9.17, 15) is 9.59 Å². The summed E-state index contributed by atoms with van der Waals surface area (Å²) in [6, 6.07) is 10.9. The highest BCUT2D eigenvalue weighted by Crippen LogP contribution is 2.40. The molecule has 2 heterocycles. The molecule has 10 nitrogen and oxygen atoms in total. The maximum absolute atomic E-state index is 13.2. The smallest absolute Gasteiger partial charge is 0.359 e. The number of rotatable bonds is 7. The summed E-state index contributed by atoms with van der Waals surface area (Å²) in [5.41, 5.74) is 4.25. The zero-order valence-electron chi connectivity index (χ0n) is 21.1. The summed E-state index contributed by atoms with van der Waals surface area (Å²) in [7, 11) is 4.54. The van der Waals surface area contributed by atoms with Gasteiger partial charge in [0.05, 0.1) is 51.5 Å². The Morgan fingerprint density at radius 3 is 2.28 bits per heavy atom. The number of esters is 1. The third-order valence-corrected chi connectivity index (χ3v) is 6.01. The van der Waals surface area contributed by atoms with Crippen LogP contribution in [0.15, 0.2) is 36.4 Å². The van der Waals surface area contributed by atoms with Gasteiger partial charge in [-0.3, -0.25) is 0 Å². The van der Waals surface area contributed by atoms with Crippen molar-refractivity contribution in [1.29, 1.82) is 0 Å². The van der Waals surface area contributed by atoms with Crippen LogP contribution in [-0.4, -0.2) is 61.2 Å². The quantitative estimate of drug-likeness (QED) is 0.496. The summed E-state index contributed by atoms with van der Waals surface area (Å²) in [5, 5.41) is 7.48. The van der Waals surface area contributed by atoms with Crippen LogP contribution < -0.4 is 19.5 Å². The van der Waals surface area contributed by atoms with Crippen LogP contribution in [0.3, 0.4) is 0 Å². The summed E-state index contributed by atoms with van der Waals surface area (Å²) in [4.78, 5) is 27.6. The number of carbonyl (C=O) groups excluding carboxylic acids is 2. The van der Waals surface area contributed by atoms with E-state index in [0.717, 1.165) is 16.9 Å². The Labute approximate surface area is 209 Å². The molecule has 1 aliphatic rings. The van der Waals surface area contributed by atoms with Crippen molar-refractivity contribution >= 4 is 17.7 Å². The van der Waals surface area contributed by atoms with Crippen molar-refractivity contribution in [3.05, 3.63) is 58.9 Å². The molecule has 0 aliphatic carbocycles. The number of amides is 2. The van der Waals surface area contributed by atoms with E-state index < -0.39 is 5.97 Å². The molecule has 3 aromatic rings. The van der Waals surface area contributed by atoms with Gasteiger partial charge in [-0.2, -0.15) is 5.10 Å². The lowest BCUT2D eigenvalue weighted by Crippen LogP contribution is -2.39. The number of nitrogens with one attached hydrogen (secondary N) is 1. The highest BCUT2D eigenvalue weighted by Gasteiger charge is 2.31. The summed E-state index contributed by atoms with van der Waals surface area (Å²) < 4.78 is 23.1. The van der Waals surface area contributed by atoms with Crippen LogP contribution in [0.4, 0.5) is 10.5 Å². The Kier molecular flexibility index (Phi) is 7.33. The molecule has 0 radical (unpaired) electrons. The van der Waals surface area contributed by atoms with Gasteiger partial charge in [0.15, 0.2) is 17.2 Å². The molecule has 1 aliphatic heterocycles. The Morgan fingerprint density at radius 2 is 1.69 bits per heavy atom. The first-order chi connectivity index (χ1) is 17.4. The summed E-state index contributed by atoms with van der Waals surface area (Å²) in [6.07, 6.45) is 0.526. The first-order valence-corrected chi connectivity index (χ1v) is 11.6. The molecule has 1 aromatic heterocycles. The second-order valence-corrected chi connectivity index (χ2v) is 8.26. The Morgan fingerprint density at radius 1 is 1.03 bits per heavy atom. The number of anilines is 1. The lowest BCUT2D eigenvalue weighted by molar-refractivity contribution is 0.0516. The topological polar surface area (TPSA) is 104 Å². The van der Waals surface area contributed by atoms with Gasteiger partial charge in [0.2, 0.25) is 5.75 Å². The van der Waals surface area contributed by atoms with E-state index >= 15 is 0 Å². The number of benzene rings is 2. The van der Waals surface area contributed by atoms with E-state index in [1.54, 1.807) is 28.6 Å². The number of ether oxygens (including phenoxy) is 4. The average molecular weight is 495 g/mol.